The molecule has 0 radical (unpaired) electrons. The Morgan fingerprint density at radius 1 is 1.04 bits per heavy atom. The molecule has 0 saturated carbocycles. The molecule has 0 aromatic heterocycles. The number of rotatable bonds is 3. The summed E-state index contributed by atoms with van der Waals surface area (Å²) >= 11 is 0. The first-order chi connectivity index (χ1) is 10.8. The molecule has 1 atom stereocenters. The van der Waals surface area contributed by atoms with Crippen molar-refractivity contribution < 1.29 is 14.3 Å². The Morgan fingerprint density at radius 3 is 2.26 bits per heavy atom. The van der Waals surface area contributed by atoms with Crippen LogP contribution in [0.15, 0.2) is 0 Å². The SMILES string of the molecule is COCC1CCN(C(=O)[C@H]2CCCN(C(=O)C(C)(C)C)C2)CC1. The van der Waals surface area contributed by atoms with E-state index in [4.69, 9.17) is 4.74 Å². The predicted octanol–water partition coefficient (Wildman–Crippen LogP) is 2.16. The minimum Gasteiger partial charge on any atom is -0.384 e. The first kappa shape index (κ1) is 18.2. The van der Waals surface area contributed by atoms with Crippen molar-refractivity contribution in [1.29, 1.82) is 0 Å². The molecule has 2 amide bonds. The van der Waals surface area contributed by atoms with E-state index < -0.39 is 0 Å². The van der Waals surface area contributed by atoms with Crippen LogP contribution >= 0.6 is 0 Å². The lowest BCUT2D eigenvalue weighted by Crippen LogP contribution is -2.50. The smallest absolute Gasteiger partial charge is 0.227 e. The van der Waals surface area contributed by atoms with E-state index in [0.29, 0.717) is 12.5 Å². The minimum atomic E-state index is -0.372. The summed E-state index contributed by atoms with van der Waals surface area (Å²) in [6.07, 6.45) is 3.89. The maximum atomic E-state index is 12.8. The van der Waals surface area contributed by atoms with Gasteiger partial charge in [-0.1, -0.05) is 20.8 Å². The Kier molecular flexibility index (Phi) is 6.06. The van der Waals surface area contributed by atoms with Gasteiger partial charge in [-0.25, -0.2) is 0 Å². The molecule has 0 spiro atoms. The summed E-state index contributed by atoms with van der Waals surface area (Å²) in [6.45, 7) is 9.67. The van der Waals surface area contributed by atoms with E-state index in [1.54, 1.807) is 7.11 Å². The molecular formula is C18H32N2O3. The van der Waals surface area contributed by atoms with Gasteiger partial charge >= 0.3 is 0 Å². The zero-order valence-corrected chi connectivity index (χ0v) is 15.1. The van der Waals surface area contributed by atoms with E-state index in [-0.39, 0.29) is 23.1 Å². The highest BCUT2D eigenvalue weighted by Gasteiger charge is 2.35. The highest BCUT2D eigenvalue weighted by Crippen LogP contribution is 2.26. The number of carbonyl (C=O) groups is 2. The molecule has 0 N–H and O–H groups in total. The van der Waals surface area contributed by atoms with Gasteiger partial charge in [0.2, 0.25) is 11.8 Å². The third-order valence-electron chi connectivity index (χ3n) is 5.03. The number of hydrogen-bond donors (Lipinski definition) is 0. The van der Waals surface area contributed by atoms with Gasteiger partial charge in [-0.3, -0.25) is 9.59 Å². The third-order valence-corrected chi connectivity index (χ3v) is 5.03. The molecule has 23 heavy (non-hydrogen) atoms. The average Bonchev–Trinajstić information content (AvgIpc) is 2.54. The van der Waals surface area contributed by atoms with Crippen molar-refractivity contribution in [3.05, 3.63) is 0 Å². The maximum Gasteiger partial charge on any atom is 0.227 e. The lowest BCUT2D eigenvalue weighted by Gasteiger charge is -2.39. The fourth-order valence-electron chi connectivity index (χ4n) is 3.65. The van der Waals surface area contributed by atoms with E-state index in [9.17, 15) is 9.59 Å². The highest BCUT2D eigenvalue weighted by molar-refractivity contribution is 5.84. The molecule has 2 heterocycles. The Bertz CT molecular complexity index is 422. The van der Waals surface area contributed by atoms with Crippen LogP contribution in [0, 0.1) is 17.3 Å². The van der Waals surface area contributed by atoms with E-state index in [0.717, 1.165) is 51.9 Å². The van der Waals surface area contributed by atoms with Crippen LogP contribution in [-0.2, 0) is 14.3 Å². The Balaban J connectivity index is 1.89. The van der Waals surface area contributed by atoms with Gasteiger partial charge in [-0.05, 0) is 31.6 Å². The fourth-order valence-corrected chi connectivity index (χ4v) is 3.65. The first-order valence-electron chi connectivity index (χ1n) is 8.90. The fraction of sp³-hybridized carbons (Fsp3) is 0.889. The number of methoxy groups -OCH3 is 1. The molecule has 5 heteroatoms. The van der Waals surface area contributed by atoms with Gasteiger partial charge in [0.1, 0.15) is 0 Å². The lowest BCUT2D eigenvalue weighted by atomic mass is 9.90. The van der Waals surface area contributed by atoms with Crippen LogP contribution in [0.1, 0.15) is 46.5 Å². The van der Waals surface area contributed by atoms with Crippen molar-refractivity contribution in [1.82, 2.24) is 9.80 Å². The molecule has 2 fully saturated rings. The van der Waals surface area contributed by atoms with Crippen molar-refractivity contribution >= 4 is 11.8 Å². The zero-order valence-electron chi connectivity index (χ0n) is 15.1. The Morgan fingerprint density at radius 2 is 1.70 bits per heavy atom. The first-order valence-corrected chi connectivity index (χ1v) is 8.90. The topological polar surface area (TPSA) is 49.9 Å². The van der Waals surface area contributed by atoms with Crippen LogP contribution in [0.5, 0.6) is 0 Å². The van der Waals surface area contributed by atoms with Crippen LogP contribution in [-0.4, -0.2) is 61.5 Å². The number of amides is 2. The molecule has 132 valence electrons. The molecular weight excluding hydrogens is 292 g/mol. The number of piperidine rings is 2. The van der Waals surface area contributed by atoms with Crippen LogP contribution < -0.4 is 0 Å². The van der Waals surface area contributed by atoms with Crippen LogP contribution in [0.2, 0.25) is 0 Å². The second kappa shape index (κ2) is 7.65. The Labute approximate surface area is 140 Å². The monoisotopic (exact) mass is 324 g/mol. The molecule has 2 rings (SSSR count). The van der Waals surface area contributed by atoms with Crippen LogP contribution in [0.25, 0.3) is 0 Å². The van der Waals surface area contributed by atoms with E-state index in [1.165, 1.54) is 0 Å². The summed E-state index contributed by atoms with van der Waals surface area (Å²) < 4.78 is 5.22. The zero-order chi connectivity index (χ0) is 17.0. The molecule has 0 unspecified atom stereocenters. The van der Waals surface area contributed by atoms with E-state index in [1.807, 2.05) is 30.6 Å². The lowest BCUT2D eigenvalue weighted by molar-refractivity contribution is -0.146. The maximum absolute atomic E-state index is 12.8. The number of hydrogen-bond acceptors (Lipinski definition) is 3. The molecule has 0 bridgehead atoms. The van der Waals surface area contributed by atoms with Gasteiger partial charge in [0, 0.05) is 45.3 Å². The molecule has 0 aromatic carbocycles. The van der Waals surface area contributed by atoms with Crippen molar-refractivity contribution in [2.45, 2.75) is 46.5 Å². The average molecular weight is 324 g/mol. The predicted molar refractivity (Wildman–Crippen MR) is 89.9 cm³/mol. The second-order valence-electron chi connectivity index (χ2n) is 8.06. The van der Waals surface area contributed by atoms with Gasteiger partial charge in [0.25, 0.3) is 0 Å². The van der Waals surface area contributed by atoms with E-state index in [2.05, 4.69) is 0 Å². The van der Waals surface area contributed by atoms with Crippen molar-refractivity contribution in [2.75, 3.05) is 39.9 Å². The molecule has 2 aliphatic heterocycles. The van der Waals surface area contributed by atoms with Crippen molar-refractivity contribution in [2.24, 2.45) is 17.3 Å². The summed E-state index contributed by atoms with van der Waals surface area (Å²) in [5.41, 5.74) is -0.372. The molecule has 2 aliphatic rings. The number of carbonyl (C=O) groups excluding carboxylic acids is 2. The number of likely N-dealkylation sites (tertiary alicyclic amines) is 2. The normalized spacial score (nSPS) is 23.9. The summed E-state index contributed by atoms with van der Waals surface area (Å²) in [7, 11) is 1.74. The van der Waals surface area contributed by atoms with Gasteiger partial charge in [0.15, 0.2) is 0 Å². The quantitative estimate of drug-likeness (QED) is 0.799. The third kappa shape index (κ3) is 4.69. The summed E-state index contributed by atoms with van der Waals surface area (Å²) in [4.78, 5) is 29.2. The molecule has 0 aliphatic carbocycles. The molecule has 2 saturated heterocycles. The van der Waals surface area contributed by atoms with Crippen molar-refractivity contribution in [3.63, 3.8) is 0 Å². The number of nitrogens with zero attached hydrogens (tertiary/aromatic N) is 2. The van der Waals surface area contributed by atoms with Gasteiger partial charge in [0.05, 0.1) is 5.92 Å². The second-order valence-corrected chi connectivity index (χ2v) is 8.06. The van der Waals surface area contributed by atoms with Crippen molar-refractivity contribution in [3.8, 4) is 0 Å². The van der Waals surface area contributed by atoms with Gasteiger partial charge < -0.3 is 14.5 Å². The van der Waals surface area contributed by atoms with E-state index >= 15 is 0 Å². The number of ether oxygens (including phenoxy) is 1. The van der Waals surface area contributed by atoms with Gasteiger partial charge in [-0.2, -0.15) is 0 Å². The standard InChI is InChI=1S/C18H32N2O3/c1-18(2,3)17(22)20-9-5-6-15(12-20)16(21)19-10-7-14(8-11-19)13-23-4/h14-15H,5-13H2,1-4H3/t15-/m0/s1. The van der Waals surface area contributed by atoms with Gasteiger partial charge in [-0.15, -0.1) is 0 Å². The molecule has 5 nitrogen and oxygen atoms in total. The Hall–Kier alpha value is -1.10. The van der Waals surface area contributed by atoms with Crippen LogP contribution in [0.3, 0.4) is 0 Å². The molecule has 0 aromatic rings. The summed E-state index contributed by atoms with van der Waals surface area (Å²) in [5.74, 6) is 0.962. The summed E-state index contributed by atoms with van der Waals surface area (Å²) in [6, 6.07) is 0. The minimum absolute atomic E-state index is 0.0194. The summed E-state index contributed by atoms with van der Waals surface area (Å²) in [5, 5.41) is 0. The van der Waals surface area contributed by atoms with Crippen LogP contribution in [0.4, 0.5) is 0 Å². The largest absolute Gasteiger partial charge is 0.384 e. The highest BCUT2D eigenvalue weighted by atomic mass is 16.5.